The van der Waals surface area contributed by atoms with Crippen molar-refractivity contribution in [2.24, 2.45) is 0 Å². The van der Waals surface area contributed by atoms with E-state index < -0.39 is 10.9 Å². The van der Waals surface area contributed by atoms with Crippen LogP contribution in [0, 0.1) is 10.1 Å². The Morgan fingerprint density at radius 3 is 2.70 bits per heavy atom. The maximum Gasteiger partial charge on any atom is 0.396 e. The first-order chi connectivity index (χ1) is 9.56. The minimum atomic E-state index is -0.785. The number of hydrogen-bond donors (Lipinski definition) is 0. The van der Waals surface area contributed by atoms with Gasteiger partial charge in [0.05, 0.1) is 19.1 Å². The van der Waals surface area contributed by atoms with E-state index in [1.54, 1.807) is 0 Å². The molecule has 1 aromatic carbocycles. The van der Waals surface area contributed by atoms with Crippen LogP contribution in [0.4, 0.5) is 5.69 Å². The summed E-state index contributed by atoms with van der Waals surface area (Å²) in [6.07, 6.45) is 0. The number of nitrogens with zero attached hydrogens (tertiary/aromatic N) is 3. The number of hydrogen-bond acceptors (Lipinski definition) is 8. The molecule has 2 aromatic rings. The summed E-state index contributed by atoms with van der Waals surface area (Å²) in [5.41, 5.74) is 0.0444. The molecule has 9 heteroatoms. The molecule has 0 N–H and O–H groups in total. The Morgan fingerprint density at radius 1 is 1.35 bits per heavy atom. The third-order valence-electron chi connectivity index (χ3n) is 2.41. The maximum absolute atomic E-state index is 11.2. The van der Waals surface area contributed by atoms with Crippen molar-refractivity contribution in [2.75, 3.05) is 14.2 Å². The molecule has 1 aromatic heterocycles. The zero-order valence-electron chi connectivity index (χ0n) is 10.5. The number of nitro benzene ring substituents is 1. The topological polar surface area (TPSA) is 118 Å². The van der Waals surface area contributed by atoms with E-state index in [4.69, 9.17) is 9.15 Å². The number of esters is 1. The molecule has 2 rings (SSSR count). The van der Waals surface area contributed by atoms with Gasteiger partial charge < -0.3 is 13.9 Å². The van der Waals surface area contributed by atoms with E-state index in [9.17, 15) is 14.9 Å². The lowest BCUT2D eigenvalue weighted by molar-refractivity contribution is -0.385. The van der Waals surface area contributed by atoms with Gasteiger partial charge in [0, 0.05) is 11.6 Å². The molecule has 0 saturated carbocycles. The SMILES string of the molecule is COC(=O)c1nnc(-c2ccc(OC)c([N+](=O)[O-])c2)o1. The van der Waals surface area contributed by atoms with E-state index in [0.29, 0.717) is 5.56 Å². The van der Waals surface area contributed by atoms with E-state index in [1.165, 1.54) is 32.4 Å². The van der Waals surface area contributed by atoms with Crippen LogP contribution >= 0.6 is 0 Å². The van der Waals surface area contributed by atoms with Gasteiger partial charge in [0.2, 0.25) is 5.89 Å². The zero-order valence-corrected chi connectivity index (χ0v) is 10.5. The molecule has 0 aliphatic heterocycles. The van der Waals surface area contributed by atoms with Crippen LogP contribution in [0.5, 0.6) is 5.75 Å². The second kappa shape index (κ2) is 5.34. The number of ether oxygens (including phenoxy) is 2. The van der Waals surface area contributed by atoms with Crippen LogP contribution in [0.25, 0.3) is 11.5 Å². The number of carbonyl (C=O) groups excluding carboxylic acids is 1. The van der Waals surface area contributed by atoms with Crippen LogP contribution in [0.15, 0.2) is 22.6 Å². The van der Waals surface area contributed by atoms with Crippen molar-refractivity contribution in [1.82, 2.24) is 10.2 Å². The van der Waals surface area contributed by atoms with Gasteiger partial charge in [-0.25, -0.2) is 4.79 Å². The number of carbonyl (C=O) groups is 1. The zero-order chi connectivity index (χ0) is 14.7. The van der Waals surface area contributed by atoms with Crippen molar-refractivity contribution >= 4 is 11.7 Å². The molecular weight excluding hydrogens is 270 g/mol. The lowest BCUT2D eigenvalue weighted by Gasteiger charge is -2.02. The third-order valence-corrected chi connectivity index (χ3v) is 2.41. The maximum atomic E-state index is 11.2. The summed E-state index contributed by atoms with van der Waals surface area (Å²) in [6, 6.07) is 4.11. The lowest BCUT2D eigenvalue weighted by Crippen LogP contribution is -2.00. The molecule has 9 nitrogen and oxygen atoms in total. The van der Waals surface area contributed by atoms with E-state index in [2.05, 4.69) is 14.9 Å². The highest BCUT2D eigenvalue weighted by Crippen LogP contribution is 2.31. The lowest BCUT2D eigenvalue weighted by atomic mass is 10.2. The summed E-state index contributed by atoms with van der Waals surface area (Å²) >= 11 is 0. The first kappa shape index (κ1) is 13.5. The predicted molar refractivity (Wildman–Crippen MR) is 64.3 cm³/mol. The van der Waals surface area contributed by atoms with Gasteiger partial charge in [-0.1, -0.05) is 0 Å². The van der Waals surface area contributed by atoms with Crippen LogP contribution in [0.1, 0.15) is 10.7 Å². The van der Waals surface area contributed by atoms with Crippen LogP contribution in [-0.4, -0.2) is 35.3 Å². The monoisotopic (exact) mass is 279 g/mol. The Bertz CT molecular complexity index is 666. The van der Waals surface area contributed by atoms with Gasteiger partial charge in [0.15, 0.2) is 5.75 Å². The minimum absolute atomic E-state index is 0.0313. The van der Waals surface area contributed by atoms with Crippen LogP contribution in [-0.2, 0) is 4.74 Å². The molecular formula is C11H9N3O6. The van der Waals surface area contributed by atoms with Crippen LogP contribution in [0.3, 0.4) is 0 Å². The van der Waals surface area contributed by atoms with Crippen molar-refractivity contribution < 1.29 is 23.6 Å². The second-order valence-electron chi connectivity index (χ2n) is 3.55. The number of benzene rings is 1. The molecule has 0 radical (unpaired) electrons. The van der Waals surface area contributed by atoms with Gasteiger partial charge >= 0.3 is 17.5 Å². The Kier molecular flexibility index (Phi) is 3.60. The highest BCUT2D eigenvalue weighted by Gasteiger charge is 2.20. The first-order valence-corrected chi connectivity index (χ1v) is 5.31. The molecule has 104 valence electrons. The molecule has 1 heterocycles. The summed E-state index contributed by atoms with van der Waals surface area (Å²) in [7, 11) is 2.49. The molecule has 0 spiro atoms. The molecule has 0 aliphatic rings. The van der Waals surface area contributed by atoms with Crippen LogP contribution < -0.4 is 4.74 Å². The smallest absolute Gasteiger partial charge is 0.396 e. The second-order valence-corrected chi connectivity index (χ2v) is 3.55. The highest BCUT2D eigenvalue weighted by molar-refractivity contribution is 5.84. The minimum Gasteiger partial charge on any atom is -0.490 e. The fourth-order valence-corrected chi connectivity index (χ4v) is 1.48. The highest BCUT2D eigenvalue weighted by atomic mass is 16.6. The molecule has 0 saturated heterocycles. The predicted octanol–water partition coefficient (Wildman–Crippen LogP) is 1.44. The number of methoxy groups -OCH3 is 2. The van der Waals surface area contributed by atoms with Crippen LogP contribution in [0.2, 0.25) is 0 Å². The molecule has 0 bridgehead atoms. The Balaban J connectivity index is 2.43. The first-order valence-electron chi connectivity index (χ1n) is 5.31. The van der Waals surface area contributed by atoms with E-state index in [1.807, 2.05) is 0 Å². The van der Waals surface area contributed by atoms with Crippen molar-refractivity contribution in [2.45, 2.75) is 0 Å². The average Bonchev–Trinajstić information content (AvgIpc) is 2.95. The Hall–Kier alpha value is -2.97. The Morgan fingerprint density at radius 2 is 2.10 bits per heavy atom. The van der Waals surface area contributed by atoms with Gasteiger partial charge in [0.25, 0.3) is 0 Å². The largest absolute Gasteiger partial charge is 0.490 e. The van der Waals surface area contributed by atoms with Crippen molar-refractivity contribution in [1.29, 1.82) is 0 Å². The number of nitro groups is 1. The summed E-state index contributed by atoms with van der Waals surface area (Å²) in [5, 5.41) is 18.0. The van der Waals surface area contributed by atoms with Crippen molar-refractivity contribution in [3.05, 3.63) is 34.2 Å². The van der Waals surface area contributed by atoms with E-state index in [-0.39, 0.29) is 23.2 Å². The van der Waals surface area contributed by atoms with Gasteiger partial charge in [0.1, 0.15) is 0 Å². The van der Waals surface area contributed by atoms with Gasteiger partial charge in [-0.2, -0.15) is 0 Å². The van der Waals surface area contributed by atoms with Gasteiger partial charge in [-0.05, 0) is 12.1 Å². The fraction of sp³-hybridized carbons (Fsp3) is 0.182. The molecule has 0 aliphatic carbocycles. The number of aromatic nitrogens is 2. The fourth-order valence-electron chi connectivity index (χ4n) is 1.48. The van der Waals surface area contributed by atoms with Crippen molar-refractivity contribution in [3.8, 4) is 17.2 Å². The number of rotatable bonds is 4. The molecule has 0 atom stereocenters. The molecule has 0 amide bonds. The molecule has 0 unspecified atom stereocenters. The standard InChI is InChI=1S/C11H9N3O6/c1-18-8-4-3-6(5-7(8)14(16)17)9-12-13-10(20-9)11(15)19-2/h3-5H,1-2H3. The normalized spacial score (nSPS) is 10.1. The summed E-state index contributed by atoms with van der Waals surface area (Å²) < 4.78 is 14.4. The molecule has 20 heavy (non-hydrogen) atoms. The van der Waals surface area contributed by atoms with Gasteiger partial charge in [-0.3, -0.25) is 10.1 Å². The van der Waals surface area contributed by atoms with E-state index in [0.717, 1.165) is 0 Å². The summed E-state index contributed by atoms with van der Waals surface area (Å²) in [5.74, 6) is -1.05. The van der Waals surface area contributed by atoms with Crippen molar-refractivity contribution in [3.63, 3.8) is 0 Å². The summed E-state index contributed by atoms with van der Waals surface area (Å²) in [6.45, 7) is 0. The average molecular weight is 279 g/mol. The quantitative estimate of drug-likeness (QED) is 0.468. The van der Waals surface area contributed by atoms with Gasteiger partial charge in [-0.15, -0.1) is 10.2 Å². The third kappa shape index (κ3) is 2.41. The molecule has 0 fully saturated rings. The Labute approximate surface area is 112 Å². The van der Waals surface area contributed by atoms with E-state index >= 15 is 0 Å². The summed E-state index contributed by atoms with van der Waals surface area (Å²) in [4.78, 5) is 21.5.